The van der Waals surface area contributed by atoms with Crippen molar-refractivity contribution < 1.29 is 18.7 Å². The zero-order chi connectivity index (χ0) is 12.6. The zero-order valence-corrected chi connectivity index (χ0v) is 9.55. The van der Waals surface area contributed by atoms with E-state index in [1.54, 1.807) is 0 Å². The van der Waals surface area contributed by atoms with Gasteiger partial charge in [0.05, 0.1) is 0 Å². The molecule has 1 aromatic carbocycles. The van der Waals surface area contributed by atoms with Gasteiger partial charge in [-0.2, -0.15) is 0 Å². The minimum absolute atomic E-state index is 0.151. The van der Waals surface area contributed by atoms with Crippen LogP contribution in [0.2, 0.25) is 5.02 Å². The van der Waals surface area contributed by atoms with Crippen molar-refractivity contribution >= 4 is 17.6 Å². The first-order chi connectivity index (χ1) is 7.19. The van der Waals surface area contributed by atoms with Crippen LogP contribution in [0.1, 0.15) is 19.4 Å². The molecule has 0 radical (unpaired) electrons. The summed E-state index contributed by atoms with van der Waals surface area (Å²) < 4.78 is 27.9. The number of benzene rings is 1. The molecule has 0 aliphatic carbocycles. The van der Waals surface area contributed by atoms with Gasteiger partial charge in [-0.1, -0.05) is 23.7 Å². The summed E-state index contributed by atoms with van der Waals surface area (Å²) in [5, 5.41) is 8.95. The fourth-order valence-corrected chi connectivity index (χ4v) is 1.37. The Morgan fingerprint density at radius 2 is 1.94 bits per heavy atom. The highest BCUT2D eigenvalue weighted by Crippen LogP contribution is 2.45. The molecule has 0 aromatic heterocycles. The first kappa shape index (κ1) is 12.9. The normalized spacial score (nSPS) is 12.6. The molecule has 0 aliphatic heterocycles. The molecule has 5 heteroatoms. The maximum absolute atomic E-state index is 13.9. The molecule has 0 spiro atoms. The number of hydrogen-bond donors (Lipinski definition) is 1. The number of carboxylic acid groups (broad SMARTS) is 1. The van der Waals surface area contributed by atoms with Crippen molar-refractivity contribution in [3.8, 4) is 0 Å². The molecule has 0 bridgehead atoms. The molecule has 0 saturated carbocycles. The number of halogens is 3. The van der Waals surface area contributed by atoms with Gasteiger partial charge in [-0.3, -0.25) is 4.79 Å². The average Bonchev–Trinajstić information content (AvgIpc) is 2.17. The Kier molecular flexibility index (Phi) is 3.24. The van der Waals surface area contributed by atoms with Crippen LogP contribution >= 0.6 is 11.6 Å². The minimum atomic E-state index is -3.48. The Bertz CT molecular complexity index is 416. The SMILES string of the molecule is CC(C)(C(=O)O)C(F)(F)c1cccc(Cl)c1. The van der Waals surface area contributed by atoms with E-state index in [-0.39, 0.29) is 5.02 Å². The molecular formula is C11H11ClF2O2. The third-order valence-electron chi connectivity index (χ3n) is 2.51. The summed E-state index contributed by atoms with van der Waals surface area (Å²) in [6, 6.07) is 5.06. The van der Waals surface area contributed by atoms with Gasteiger partial charge in [0, 0.05) is 10.6 Å². The Hall–Kier alpha value is -1.16. The molecule has 0 amide bonds. The highest BCUT2D eigenvalue weighted by Gasteiger charge is 2.53. The molecule has 0 aliphatic rings. The van der Waals surface area contributed by atoms with Crippen molar-refractivity contribution in [1.29, 1.82) is 0 Å². The van der Waals surface area contributed by atoms with Gasteiger partial charge in [-0.05, 0) is 26.0 Å². The van der Waals surface area contributed by atoms with Gasteiger partial charge in [0.25, 0.3) is 5.92 Å². The maximum Gasteiger partial charge on any atom is 0.315 e. The van der Waals surface area contributed by atoms with Crippen LogP contribution in [0.4, 0.5) is 8.78 Å². The highest BCUT2D eigenvalue weighted by atomic mass is 35.5. The number of carbonyl (C=O) groups is 1. The second kappa shape index (κ2) is 4.01. The fourth-order valence-electron chi connectivity index (χ4n) is 1.18. The Labute approximate surface area is 96.8 Å². The van der Waals surface area contributed by atoms with Crippen molar-refractivity contribution in [1.82, 2.24) is 0 Å². The Morgan fingerprint density at radius 3 is 2.38 bits per heavy atom. The van der Waals surface area contributed by atoms with Crippen LogP contribution in [-0.4, -0.2) is 11.1 Å². The lowest BCUT2D eigenvalue weighted by Gasteiger charge is -2.30. The second-order valence-electron chi connectivity index (χ2n) is 4.01. The van der Waals surface area contributed by atoms with Crippen molar-refractivity contribution in [3.63, 3.8) is 0 Å². The number of alkyl halides is 2. The first-order valence-electron chi connectivity index (χ1n) is 4.57. The Balaban J connectivity index is 3.26. The monoisotopic (exact) mass is 248 g/mol. The van der Waals surface area contributed by atoms with E-state index in [4.69, 9.17) is 16.7 Å². The van der Waals surface area contributed by atoms with Gasteiger partial charge in [0.15, 0.2) is 0 Å². The standard InChI is InChI=1S/C11H11ClF2O2/c1-10(2,9(15)16)11(13,14)7-4-3-5-8(12)6-7/h3-6H,1-2H3,(H,15,16). The van der Waals surface area contributed by atoms with E-state index in [1.807, 2.05) is 0 Å². The van der Waals surface area contributed by atoms with Crippen LogP contribution in [0.3, 0.4) is 0 Å². The van der Waals surface area contributed by atoms with E-state index in [2.05, 4.69) is 0 Å². The third-order valence-corrected chi connectivity index (χ3v) is 2.74. The molecule has 1 N–H and O–H groups in total. The molecule has 0 heterocycles. The van der Waals surface area contributed by atoms with Gasteiger partial charge in [-0.15, -0.1) is 0 Å². The molecule has 2 nitrogen and oxygen atoms in total. The van der Waals surface area contributed by atoms with E-state index in [0.717, 1.165) is 26.0 Å². The summed E-state index contributed by atoms with van der Waals surface area (Å²) in [4.78, 5) is 10.8. The molecule has 1 aromatic rings. The zero-order valence-electron chi connectivity index (χ0n) is 8.80. The lowest BCUT2D eigenvalue weighted by Crippen LogP contribution is -2.40. The summed E-state index contributed by atoms with van der Waals surface area (Å²) >= 11 is 5.60. The maximum atomic E-state index is 13.9. The second-order valence-corrected chi connectivity index (χ2v) is 4.45. The molecule has 0 atom stereocenters. The van der Waals surface area contributed by atoms with Crippen molar-refractivity contribution in [2.75, 3.05) is 0 Å². The summed E-state index contributed by atoms with van der Waals surface area (Å²) in [7, 11) is 0. The van der Waals surface area contributed by atoms with E-state index in [0.29, 0.717) is 0 Å². The van der Waals surface area contributed by atoms with Crippen molar-refractivity contribution in [2.24, 2.45) is 5.41 Å². The lowest BCUT2D eigenvalue weighted by molar-refractivity contribution is -0.175. The number of carboxylic acids is 1. The number of hydrogen-bond acceptors (Lipinski definition) is 1. The minimum Gasteiger partial charge on any atom is -0.481 e. The average molecular weight is 249 g/mol. The first-order valence-corrected chi connectivity index (χ1v) is 4.94. The molecule has 1 rings (SSSR count). The van der Waals surface area contributed by atoms with Gasteiger partial charge in [0.2, 0.25) is 0 Å². The van der Waals surface area contributed by atoms with E-state index >= 15 is 0 Å². The molecule has 16 heavy (non-hydrogen) atoms. The lowest BCUT2D eigenvalue weighted by atomic mass is 9.81. The van der Waals surface area contributed by atoms with Gasteiger partial charge in [-0.25, -0.2) is 8.78 Å². The van der Waals surface area contributed by atoms with Crippen molar-refractivity contribution in [3.05, 3.63) is 34.9 Å². The smallest absolute Gasteiger partial charge is 0.315 e. The topological polar surface area (TPSA) is 37.3 Å². The van der Waals surface area contributed by atoms with Gasteiger partial charge in [0.1, 0.15) is 5.41 Å². The number of aliphatic carboxylic acids is 1. The van der Waals surface area contributed by atoms with Gasteiger partial charge >= 0.3 is 5.97 Å². The van der Waals surface area contributed by atoms with Crippen molar-refractivity contribution in [2.45, 2.75) is 19.8 Å². The van der Waals surface area contributed by atoms with Crippen LogP contribution in [0.15, 0.2) is 24.3 Å². The summed E-state index contributed by atoms with van der Waals surface area (Å²) in [5.41, 5.74) is -2.58. The van der Waals surface area contributed by atoms with Crippen LogP contribution < -0.4 is 0 Å². The molecule has 0 fully saturated rings. The van der Waals surface area contributed by atoms with E-state index in [1.165, 1.54) is 12.1 Å². The van der Waals surface area contributed by atoms with Crippen LogP contribution in [0.5, 0.6) is 0 Å². The third kappa shape index (κ3) is 2.02. The van der Waals surface area contributed by atoms with Gasteiger partial charge < -0.3 is 5.11 Å². The summed E-state index contributed by atoms with van der Waals surface area (Å²) in [6.07, 6.45) is 0. The fraction of sp³-hybridized carbons (Fsp3) is 0.364. The highest BCUT2D eigenvalue weighted by molar-refractivity contribution is 6.30. The largest absolute Gasteiger partial charge is 0.481 e. The summed E-state index contributed by atoms with van der Waals surface area (Å²) in [6.45, 7) is 1.96. The van der Waals surface area contributed by atoms with E-state index < -0.39 is 22.9 Å². The van der Waals surface area contributed by atoms with E-state index in [9.17, 15) is 13.6 Å². The quantitative estimate of drug-likeness (QED) is 0.888. The predicted octanol–water partition coefficient (Wildman–Crippen LogP) is 3.54. The Morgan fingerprint density at radius 1 is 1.38 bits per heavy atom. The molecule has 0 unspecified atom stereocenters. The number of rotatable bonds is 3. The molecule has 0 saturated heterocycles. The predicted molar refractivity (Wildman–Crippen MR) is 56.8 cm³/mol. The van der Waals surface area contributed by atoms with Crippen LogP contribution in [0, 0.1) is 5.41 Å². The summed E-state index contributed by atoms with van der Waals surface area (Å²) in [5.74, 6) is -5.04. The molecular weight excluding hydrogens is 238 g/mol. The molecule has 88 valence electrons. The van der Waals surface area contributed by atoms with Crippen LogP contribution in [-0.2, 0) is 10.7 Å². The van der Waals surface area contributed by atoms with Crippen LogP contribution in [0.25, 0.3) is 0 Å².